The van der Waals surface area contributed by atoms with Crippen molar-refractivity contribution in [2.24, 2.45) is 0 Å². The maximum Gasteiger partial charge on any atom is 0.243 e. The number of carbonyl (C=O) groups is 1. The fourth-order valence-corrected chi connectivity index (χ4v) is 5.99. The summed E-state index contributed by atoms with van der Waals surface area (Å²) in [5.74, 6) is -0.264. The Balaban J connectivity index is 1.47. The number of nitrogens with one attached hydrogen (secondary N) is 1. The first-order valence-corrected chi connectivity index (χ1v) is 12.2. The topological polar surface area (TPSA) is 69.7 Å². The average Bonchev–Trinajstić information content (AvgIpc) is 2.81. The van der Waals surface area contributed by atoms with Gasteiger partial charge in [0.2, 0.25) is 15.9 Å². The largest absolute Gasteiger partial charge is 0.372 e. The van der Waals surface area contributed by atoms with Crippen LogP contribution >= 0.6 is 0 Å². The number of piperidine rings is 2. The van der Waals surface area contributed by atoms with Gasteiger partial charge < -0.3 is 10.2 Å². The highest BCUT2D eigenvalue weighted by Crippen LogP contribution is 2.27. The molecule has 2 aliphatic heterocycles. The summed E-state index contributed by atoms with van der Waals surface area (Å²) in [5, 5.41) is 2.93. The summed E-state index contributed by atoms with van der Waals surface area (Å²) >= 11 is 0. The van der Waals surface area contributed by atoms with Gasteiger partial charge in [0.25, 0.3) is 0 Å². The van der Waals surface area contributed by atoms with Gasteiger partial charge in [0.1, 0.15) is 6.04 Å². The zero-order valence-corrected chi connectivity index (χ0v) is 18.0. The molecule has 0 spiro atoms. The fourth-order valence-electron chi connectivity index (χ4n) is 4.32. The highest BCUT2D eigenvalue weighted by Gasteiger charge is 2.37. The number of anilines is 2. The van der Waals surface area contributed by atoms with E-state index < -0.39 is 16.1 Å². The molecule has 4 rings (SSSR count). The van der Waals surface area contributed by atoms with E-state index in [0.29, 0.717) is 18.7 Å². The minimum absolute atomic E-state index is 0.232. The second-order valence-electron chi connectivity index (χ2n) is 8.02. The van der Waals surface area contributed by atoms with E-state index in [-0.39, 0.29) is 10.8 Å². The third-order valence-electron chi connectivity index (χ3n) is 5.96. The standard InChI is InChI=1S/C23H29N3O3S/c27-23(24-19-12-14-20(15-13-19)25-16-6-2-7-17-25)22-11-5-8-18-26(22)30(28,29)21-9-3-1-4-10-21/h1,3-4,9-10,12-15,22H,2,5-8,11,16-18H2,(H,24,27). The van der Waals surface area contributed by atoms with Gasteiger partial charge >= 0.3 is 0 Å². The van der Waals surface area contributed by atoms with Gasteiger partial charge in [-0.3, -0.25) is 4.79 Å². The van der Waals surface area contributed by atoms with E-state index in [9.17, 15) is 13.2 Å². The minimum atomic E-state index is -3.70. The van der Waals surface area contributed by atoms with Crippen molar-refractivity contribution >= 4 is 27.3 Å². The van der Waals surface area contributed by atoms with Crippen LogP contribution in [0.4, 0.5) is 11.4 Å². The zero-order chi connectivity index (χ0) is 21.0. The molecule has 1 unspecified atom stereocenters. The van der Waals surface area contributed by atoms with Crippen molar-refractivity contribution < 1.29 is 13.2 Å². The Labute approximate surface area is 178 Å². The van der Waals surface area contributed by atoms with Crippen LogP contribution in [-0.2, 0) is 14.8 Å². The molecular formula is C23H29N3O3S. The van der Waals surface area contributed by atoms with Crippen molar-refractivity contribution in [3.63, 3.8) is 0 Å². The summed E-state index contributed by atoms with van der Waals surface area (Å²) in [5.41, 5.74) is 1.86. The van der Waals surface area contributed by atoms with Crippen LogP contribution in [0.3, 0.4) is 0 Å². The Hall–Kier alpha value is -2.38. The van der Waals surface area contributed by atoms with Crippen molar-refractivity contribution in [2.45, 2.75) is 49.5 Å². The van der Waals surface area contributed by atoms with E-state index in [2.05, 4.69) is 10.2 Å². The lowest BCUT2D eigenvalue weighted by atomic mass is 10.0. The number of nitrogens with zero attached hydrogens (tertiary/aromatic N) is 2. The molecule has 1 atom stereocenters. The van der Waals surface area contributed by atoms with Gasteiger partial charge in [-0.25, -0.2) is 8.42 Å². The summed E-state index contributed by atoms with van der Waals surface area (Å²) in [6, 6.07) is 15.5. The lowest BCUT2D eigenvalue weighted by molar-refractivity contribution is -0.120. The van der Waals surface area contributed by atoms with Crippen LogP contribution in [0.25, 0.3) is 0 Å². The van der Waals surface area contributed by atoms with E-state index in [0.717, 1.165) is 25.9 Å². The number of sulfonamides is 1. The third kappa shape index (κ3) is 4.52. The summed E-state index contributed by atoms with van der Waals surface area (Å²) in [7, 11) is -3.70. The maximum absolute atomic E-state index is 13.1. The van der Waals surface area contributed by atoms with Crippen LogP contribution in [0.5, 0.6) is 0 Å². The van der Waals surface area contributed by atoms with Crippen molar-refractivity contribution in [3.8, 4) is 0 Å². The van der Waals surface area contributed by atoms with Crippen LogP contribution in [0.15, 0.2) is 59.5 Å². The molecule has 2 heterocycles. The normalized spacial score (nSPS) is 20.7. The number of hydrogen-bond acceptors (Lipinski definition) is 4. The Morgan fingerprint density at radius 1 is 0.833 bits per heavy atom. The molecule has 7 heteroatoms. The van der Waals surface area contributed by atoms with Crippen LogP contribution in [0, 0.1) is 0 Å². The van der Waals surface area contributed by atoms with E-state index in [4.69, 9.17) is 0 Å². The summed E-state index contributed by atoms with van der Waals surface area (Å²) < 4.78 is 27.6. The molecular weight excluding hydrogens is 398 g/mol. The molecule has 160 valence electrons. The molecule has 1 N–H and O–H groups in total. The molecule has 30 heavy (non-hydrogen) atoms. The Morgan fingerprint density at radius 2 is 1.50 bits per heavy atom. The van der Waals surface area contributed by atoms with E-state index >= 15 is 0 Å². The molecule has 0 aliphatic carbocycles. The number of carbonyl (C=O) groups excluding carboxylic acids is 1. The molecule has 2 saturated heterocycles. The number of benzene rings is 2. The first-order valence-electron chi connectivity index (χ1n) is 10.8. The lowest BCUT2D eigenvalue weighted by Gasteiger charge is -2.33. The second-order valence-corrected chi connectivity index (χ2v) is 9.91. The lowest BCUT2D eigenvalue weighted by Crippen LogP contribution is -2.49. The van der Waals surface area contributed by atoms with Crippen molar-refractivity contribution in [1.82, 2.24) is 4.31 Å². The molecule has 0 bridgehead atoms. The molecule has 0 radical (unpaired) electrons. The molecule has 2 aliphatic rings. The number of hydrogen-bond donors (Lipinski definition) is 1. The highest BCUT2D eigenvalue weighted by molar-refractivity contribution is 7.89. The Kier molecular flexibility index (Phi) is 6.39. The van der Waals surface area contributed by atoms with E-state index in [1.54, 1.807) is 30.3 Å². The fraction of sp³-hybridized carbons (Fsp3) is 0.435. The van der Waals surface area contributed by atoms with Gasteiger partial charge in [-0.1, -0.05) is 24.6 Å². The minimum Gasteiger partial charge on any atom is -0.372 e. The zero-order valence-electron chi connectivity index (χ0n) is 17.2. The predicted molar refractivity (Wildman–Crippen MR) is 119 cm³/mol. The number of amides is 1. The van der Waals surface area contributed by atoms with Gasteiger partial charge in [0, 0.05) is 31.0 Å². The van der Waals surface area contributed by atoms with Crippen molar-refractivity contribution in [2.75, 3.05) is 29.9 Å². The van der Waals surface area contributed by atoms with Crippen LogP contribution in [-0.4, -0.2) is 44.3 Å². The highest BCUT2D eigenvalue weighted by atomic mass is 32.2. The monoisotopic (exact) mass is 427 g/mol. The van der Waals surface area contributed by atoms with Crippen LogP contribution in [0.2, 0.25) is 0 Å². The van der Waals surface area contributed by atoms with Crippen LogP contribution < -0.4 is 10.2 Å². The summed E-state index contributed by atoms with van der Waals surface area (Å²) in [6.45, 7) is 2.50. The molecule has 2 aromatic carbocycles. The molecule has 6 nitrogen and oxygen atoms in total. The van der Waals surface area contributed by atoms with Gasteiger partial charge in [0.15, 0.2) is 0 Å². The smallest absolute Gasteiger partial charge is 0.243 e. The Bertz CT molecular complexity index is 955. The van der Waals surface area contributed by atoms with Gasteiger partial charge in [-0.05, 0) is 68.5 Å². The summed E-state index contributed by atoms with van der Waals surface area (Å²) in [4.78, 5) is 15.6. The molecule has 0 saturated carbocycles. The number of rotatable bonds is 5. The van der Waals surface area contributed by atoms with Crippen molar-refractivity contribution in [3.05, 3.63) is 54.6 Å². The molecule has 0 aromatic heterocycles. The van der Waals surface area contributed by atoms with Gasteiger partial charge in [0.05, 0.1) is 4.90 Å². The second kappa shape index (κ2) is 9.18. The molecule has 1 amide bonds. The third-order valence-corrected chi connectivity index (χ3v) is 7.88. The van der Waals surface area contributed by atoms with E-state index in [1.165, 1.54) is 29.3 Å². The average molecular weight is 428 g/mol. The quantitative estimate of drug-likeness (QED) is 0.787. The summed E-state index contributed by atoms with van der Waals surface area (Å²) in [6.07, 6.45) is 5.85. The first kappa shape index (κ1) is 20.9. The molecule has 2 aromatic rings. The predicted octanol–water partition coefficient (Wildman–Crippen LogP) is 3.86. The van der Waals surface area contributed by atoms with E-state index in [1.807, 2.05) is 24.3 Å². The van der Waals surface area contributed by atoms with Crippen LogP contribution in [0.1, 0.15) is 38.5 Å². The SMILES string of the molecule is O=C(Nc1ccc(N2CCCCC2)cc1)C1CCCCN1S(=O)(=O)c1ccccc1. The Morgan fingerprint density at radius 3 is 2.20 bits per heavy atom. The van der Waals surface area contributed by atoms with Gasteiger partial charge in [-0.2, -0.15) is 4.31 Å². The first-order chi connectivity index (χ1) is 14.6. The van der Waals surface area contributed by atoms with Crippen molar-refractivity contribution in [1.29, 1.82) is 0 Å². The maximum atomic E-state index is 13.1. The molecule has 2 fully saturated rings. The van der Waals surface area contributed by atoms with Gasteiger partial charge in [-0.15, -0.1) is 0 Å².